The van der Waals surface area contributed by atoms with E-state index in [0.717, 1.165) is 24.8 Å². The molecule has 21 heavy (non-hydrogen) atoms. The second-order valence-electron chi connectivity index (χ2n) is 6.41. The Morgan fingerprint density at radius 2 is 1.86 bits per heavy atom. The van der Waals surface area contributed by atoms with Crippen molar-refractivity contribution in [2.24, 2.45) is 11.8 Å². The van der Waals surface area contributed by atoms with Crippen molar-refractivity contribution in [3.8, 4) is 11.5 Å². The molecule has 1 amide bonds. The molecule has 0 radical (unpaired) electrons. The summed E-state index contributed by atoms with van der Waals surface area (Å²) in [7, 11) is 0. The van der Waals surface area contributed by atoms with Crippen molar-refractivity contribution in [1.82, 2.24) is 4.90 Å². The Morgan fingerprint density at radius 3 is 2.76 bits per heavy atom. The fourth-order valence-electron chi connectivity index (χ4n) is 4.00. The third kappa shape index (κ3) is 2.37. The van der Waals surface area contributed by atoms with Gasteiger partial charge in [0.1, 0.15) is 0 Å². The minimum Gasteiger partial charge on any atom is -0.454 e. The molecule has 2 fully saturated rings. The summed E-state index contributed by atoms with van der Waals surface area (Å²) in [5.41, 5.74) is 0.716. The Balaban J connectivity index is 1.49. The molecule has 0 aromatic heterocycles. The molecule has 2 aliphatic heterocycles. The van der Waals surface area contributed by atoms with Gasteiger partial charge in [-0.2, -0.15) is 0 Å². The predicted molar refractivity (Wildman–Crippen MR) is 78.5 cm³/mol. The Kier molecular flexibility index (Phi) is 3.24. The number of likely N-dealkylation sites (tertiary alicyclic amines) is 1. The van der Waals surface area contributed by atoms with Crippen LogP contribution in [0, 0.1) is 11.8 Å². The van der Waals surface area contributed by atoms with Crippen LogP contribution in [0.4, 0.5) is 0 Å². The zero-order valence-electron chi connectivity index (χ0n) is 12.2. The lowest BCUT2D eigenvalue weighted by molar-refractivity contribution is 0.0520. The van der Waals surface area contributed by atoms with E-state index in [9.17, 15) is 4.79 Å². The summed E-state index contributed by atoms with van der Waals surface area (Å²) in [4.78, 5) is 14.7. The van der Waals surface area contributed by atoms with Crippen molar-refractivity contribution in [3.05, 3.63) is 23.8 Å². The molecule has 4 heteroatoms. The topological polar surface area (TPSA) is 38.8 Å². The van der Waals surface area contributed by atoms with Crippen LogP contribution >= 0.6 is 0 Å². The zero-order chi connectivity index (χ0) is 14.2. The van der Waals surface area contributed by atoms with Gasteiger partial charge >= 0.3 is 0 Å². The van der Waals surface area contributed by atoms with E-state index >= 15 is 0 Å². The molecule has 1 saturated heterocycles. The lowest BCUT2D eigenvalue weighted by Gasteiger charge is -2.41. The molecular weight excluding hydrogens is 266 g/mol. The highest BCUT2D eigenvalue weighted by atomic mass is 16.7. The first kappa shape index (κ1) is 13.0. The van der Waals surface area contributed by atoms with E-state index < -0.39 is 0 Å². The van der Waals surface area contributed by atoms with Crippen LogP contribution in [0.1, 0.15) is 42.5 Å². The van der Waals surface area contributed by atoms with E-state index in [1.165, 1.54) is 32.1 Å². The molecule has 0 N–H and O–H groups in total. The summed E-state index contributed by atoms with van der Waals surface area (Å²) in [5.74, 6) is 3.12. The number of nitrogens with zero attached hydrogens (tertiary/aromatic N) is 1. The van der Waals surface area contributed by atoms with Gasteiger partial charge in [-0.3, -0.25) is 4.79 Å². The first-order valence-electron chi connectivity index (χ1n) is 8.00. The molecular formula is C17H21NO3. The maximum atomic E-state index is 12.7. The van der Waals surface area contributed by atoms with Crippen LogP contribution in [0.5, 0.6) is 11.5 Å². The number of fused-ring (bicyclic) bond motifs is 2. The molecule has 1 aromatic rings. The molecule has 3 aliphatic rings. The lowest BCUT2D eigenvalue weighted by atomic mass is 9.75. The zero-order valence-corrected chi connectivity index (χ0v) is 12.2. The van der Waals surface area contributed by atoms with Gasteiger partial charge in [0.05, 0.1) is 0 Å². The molecule has 1 saturated carbocycles. The fourth-order valence-corrected chi connectivity index (χ4v) is 4.00. The van der Waals surface area contributed by atoms with Crippen LogP contribution in [0.3, 0.4) is 0 Å². The first-order chi connectivity index (χ1) is 10.3. The number of hydrogen-bond donors (Lipinski definition) is 0. The Morgan fingerprint density at radius 1 is 1.05 bits per heavy atom. The van der Waals surface area contributed by atoms with Crippen molar-refractivity contribution in [1.29, 1.82) is 0 Å². The second-order valence-corrected chi connectivity index (χ2v) is 6.41. The average Bonchev–Trinajstić information content (AvgIpc) is 3.01. The lowest BCUT2D eigenvalue weighted by Crippen LogP contribution is -2.44. The maximum absolute atomic E-state index is 12.7. The predicted octanol–water partition coefficient (Wildman–Crippen LogP) is 3.07. The monoisotopic (exact) mass is 287 g/mol. The molecule has 0 unspecified atom stereocenters. The number of piperidine rings is 1. The van der Waals surface area contributed by atoms with Crippen molar-refractivity contribution >= 4 is 5.91 Å². The highest BCUT2D eigenvalue weighted by molar-refractivity contribution is 5.95. The van der Waals surface area contributed by atoms with Gasteiger partial charge in [0.2, 0.25) is 6.79 Å². The summed E-state index contributed by atoms with van der Waals surface area (Å²) in [5, 5.41) is 0. The molecule has 0 spiro atoms. The second kappa shape index (κ2) is 5.24. The SMILES string of the molecule is O=C(c1ccc2c(c1)OCO2)N1CC[C@H]2CCCC[C@H]2C1. The molecule has 4 rings (SSSR count). The van der Waals surface area contributed by atoms with Crippen molar-refractivity contribution in [3.63, 3.8) is 0 Å². The number of carbonyl (C=O) groups is 1. The van der Waals surface area contributed by atoms with Gasteiger partial charge in [0.25, 0.3) is 5.91 Å². The van der Waals surface area contributed by atoms with Gasteiger partial charge in [-0.05, 0) is 42.9 Å². The first-order valence-corrected chi connectivity index (χ1v) is 8.00. The van der Waals surface area contributed by atoms with Gasteiger partial charge < -0.3 is 14.4 Å². The van der Waals surface area contributed by atoms with Crippen molar-refractivity contribution in [2.45, 2.75) is 32.1 Å². The van der Waals surface area contributed by atoms with Gasteiger partial charge in [0.15, 0.2) is 11.5 Å². The standard InChI is InChI=1S/C17H21NO3/c19-17(13-5-6-15-16(9-13)21-11-20-15)18-8-7-12-3-1-2-4-14(12)10-18/h5-6,9,12,14H,1-4,7-8,10-11H2/t12-,14+/m1/s1. The van der Waals surface area contributed by atoms with E-state index in [1.807, 2.05) is 23.1 Å². The highest BCUT2D eigenvalue weighted by Crippen LogP contribution is 2.37. The Hall–Kier alpha value is -1.71. The number of ether oxygens (including phenoxy) is 2. The third-order valence-corrected chi connectivity index (χ3v) is 5.20. The van der Waals surface area contributed by atoms with E-state index in [2.05, 4.69) is 0 Å². The van der Waals surface area contributed by atoms with Crippen LogP contribution in [0.2, 0.25) is 0 Å². The highest BCUT2D eigenvalue weighted by Gasteiger charge is 2.33. The van der Waals surface area contributed by atoms with Crippen molar-refractivity contribution < 1.29 is 14.3 Å². The van der Waals surface area contributed by atoms with Crippen LogP contribution < -0.4 is 9.47 Å². The smallest absolute Gasteiger partial charge is 0.254 e. The Bertz CT molecular complexity index is 557. The van der Waals surface area contributed by atoms with E-state index in [0.29, 0.717) is 17.2 Å². The van der Waals surface area contributed by atoms with Gasteiger partial charge in [-0.15, -0.1) is 0 Å². The third-order valence-electron chi connectivity index (χ3n) is 5.20. The number of carbonyl (C=O) groups excluding carboxylic acids is 1. The average molecular weight is 287 g/mol. The van der Waals surface area contributed by atoms with Gasteiger partial charge in [0, 0.05) is 18.7 Å². The summed E-state index contributed by atoms with van der Waals surface area (Å²) in [6.07, 6.45) is 6.51. The van der Waals surface area contributed by atoms with Crippen LogP contribution in [0.25, 0.3) is 0 Å². The molecule has 2 atom stereocenters. The number of hydrogen-bond acceptors (Lipinski definition) is 3. The molecule has 4 nitrogen and oxygen atoms in total. The van der Waals surface area contributed by atoms with E-state index in [4.69, 9.17) is 9.47 Å². The number of rotatable bonds is 1. The summed E-state index contributed by atoms with van der Waals surface area (Å²) < 4.78 is 10.7. The molecule has 1 aliphatic carbocycles. The van der Waals surface area contributed by atoms with Crippen LogP contribution in [0.15, 0.2) is 18.2 Å². The molecule has 1 aromatic carbocycles. The van der Waals surface area contributed by atoms with Crippen LogP contribution in [-0.2, 0) is 0 Å². The molecule has 112 valence electrons. The molecule has 2 heterocycles. The molecule has 0 bridgehead atoms. The summed E-state index contributed by atoms with van der Waals surface area (Å²) in [6, 6.07) is 5.50. The van der Waals surface area contributed by atoms with Crippen LogP contribution in [-0.4, -0.2) is 30.7 Å². The van der Waals surface area contributed by atoms with Gasteiger partial charge in [-0.1, -0.05) is 19.3 Å². The number of benzene rings is 1. The minimum absolute atomic E-state index is 0.136. The normalized spacial score (nSPS) is 27.3. The Labute approximate surface area is 125 Å². The quantitative estimate of drug-likeness (QED) is 0.797. The summed E-state index contributed by atoms with van der Waals surface area (Å²) >= 11 is 0. The van der Waals surface area contributed by atoms with Crippen molar-refractivity contribution in [2.75, 3.05) is 19.9 Å². The number of amides is 1. The van der Waals surface area contributed by atoms with E-state index in [-0.39, 0.29) is 12.7 Å². The fraction of sp³-hybridized carbons (Fsp3) is 0.588. The van der Waals surface area contributed by atoms with Gasteiger partial charge in [-0.25, -0.2) is 0 Å². The summed E-state index contributed by atoms with van der Waals surface area (Å²) in [6.45, 7) is 2.08. The maximum Gasteiger partial charge on any atom is 0.254 e. The largest absolute Gasteiger partial charge is 0.454 e. The minimum atomic E-state index is 0.136. The van der Waals surface area contributed by atoms with E-state index in [1.54, 1.807) is 0 Å².